The number of halogens is 2. The predicted octanol–water partition coefficient (Wildman–Crippen LogP) is 1.58. The van der Waals surface area contributed by atoms with Crippen LogP contribution in [0.2, 0.25) is 0 Å². The summed E-state index contributed by atoms with van der Waals surface area (Å²) >= 11 is 0. The SMILES string of the molecule is CC(C)N1CCOC(C(NN)c2cc(F)ccc2F)C1. The lowest BCUT2D eigenvalue weighted by atomic mass is 9.99. The van der Waals surface area contributed by atoms with Crippen LogP contribution in [-0.4, -0.2) is 36.7 Å². The van der Waals surface area contributed by atoms with Crippen molar-refractivity contribution in [2.75, 3.05) is 19.7 Å². The summed E-state index contributed by atoms with van der Waals surface area (Å²) in [5.41, 5.74) is 2.75. The molecule has 4 nitrogen and oxygen atoms in total. The maximum absolute atomic E-state index is 13.9. The molecule has 0 aromatic heterocycles. The Kier molecular flexibility index (Phi) is 5.04. The highest BCUT2D eigenvalue weighted by Gasteiger charge is 2.31. The van der Waals surface area contributed by atoms with E-state index in [0.29, 0.717) is 19.2 Å². The molecule has 1 aliphatic rings. The zero-order valence-corrected chi connectivity index (χ0v) is 11.8. The molecule has 2 atom stereocenters. The highest BCUT2D eigenvalue weighted by atomic mass is 19.1. The third kappa shape index (κ3) is 3.32. The van der Waals surface area contributed by atoms with Crippen LogP contribution in [0.4, 0.5) is 8.78 Å². The van der Waals surface area contributed by atoms with Gasteiger partial charge in [-0.25, -0.2) is 8.78 Å². The Bertz CT molecular complexity index is 456. The Balaban J connectivity index is 2.21. The van der Waals surface area contributed by atoms with E-state index in [2.05, 4.69) is 24.2 Å². The summed E-state index contributed by atoms with van der Waals surface area (Å²) in [7, 11) is 0. The summed E-state index contributed by atoms with van der Waals surface area (Å²) in [6.45, 7) is 6.20. The maximum Gasteiger partial charge on any atom is 0.128 e. The number of hydrogen-bond acceptors (Lipinski definition) is 4. The Morgan fingerprint density at radius 1 is 1.40 bits per heavy atom. The third-order valence-electron chi connectivity index (χ3n) is 3.70. The number of morpholine rings is 1. The molecule has 1 saturated heterocycles. The van der Waals surface area contributed by atoms with Crippen molar-refractivity contribution in [1.82, 2.24) is 10.3 Å². The molecule has 0 bridgehead atoms. The first kappa shape index (κ1) is 15.3. The maximum atomic E-state index is 13.9. The first-order chi connectivity index (χ1) is 9.52. The van der Waals surface area contributed by atoms with Gasteiger partial charge in [-0.15, -0.1) is 0 Å². The van der Waals surface area contributed by atoms with E-state index in [9.17, 15) is 8.78 Å². The monoisotopic (exact) mass is 285 g/mol. The van der Waals surface area contributed by atoms with Gasteiger partial charge in [-0.05, 0) is 32.0 Å². The summed E-state index contributed by atoms with van der Waals surface area (Å²) in [4.78, 5) is 2.23. The summed E-state index contributed by atoms with van der Waals surface area (Å²) in [5, 5.41) is 0. The first-order valence-electron chi connectivity index (χ1n) is 6.79. The minimum atomic E-state index is -0.577. The predicted molar refractivity (Wildman–Crippen MR) is 72.9 cm³/mol. The topological polar surface area (TPSA) is 50.5 Å². The molecule has 0 aliphatic carbocycles. The van der Waals surface area contributed by atoms with E-state index >= 15 is 0 Å². The normalized spacial score (nSPS) is 22.2. The largest absolute Gasteiger partial charge is 0.374 e. The molecule has 2 unspecified atom stereocenters. The van der Waals surface area contributed by atoms with E-state index in [4.69, 9.17) is 10.6 Å². The molecule has 2 rings (SSSR count). The molecule has 1 aromatic carbocycles. The van der Waals surface area contributed by atoms with Gasteiger partial charge in [0.2, 0.25) is 0 Å². The van der Waals surface area contributed by atoms with Crippen molar-refractivity contribution in [2.24, 2.45) is 5.84 Å². The van der Waals surface area contributed by atoms with Gasteiger partial charge in [0.05, 0.1) is 18.8 Å². The van der Waals surface area contributed by atoms with Gasteiger partial charge in [0.15, 0.2) is 0 Å². The van der Waals surface area contributed by atoms with Gasteiger partial charge in [0, 0.05) is 24.7 Å². The lowest BCUT2D eigenvalue weighted by Crippen LogP contribution is -2.51. The molecule has 1 heterocycles. The van der Waals surface area contributed by atoms with Crippen LogP contribution >= 0.6 is 0 Å². The van der Waals surface area contributed by atoms with Crippen molar-refractivity contribution in [3.63, 3.8) is 0 Å². The van der Waals surface area contributed by atoms with E-state index in [0.717, 1.165) is 24.7 Å². The Morgan fingerprint density at radius 2 is 2.15 bits per heavy atom. The van der Waals surface area contributed by atoms with Gasteiger partial charge >= 0.3 is 0 Å². The van der Waals surface area contributed by atoms with Gasteiger partial charge in [-0.1, -0.05) is 0 Å². The first-order valence-corrected chi connectivity index (χ1v) is 6.79. The number of hydrogen-bond donors (Lipinski definition) is 2. The molecule has 1 aliphatic heterocycles. The number of hydrazine groups is 1. The van der Waals surface area contributed by atoms with Crippen LogP contribution in [0.1, 0.15) is 25.5 Å². The molecule has 6 heteroatoms. The minimum absolute atomic E-state index is 0.197. The van der Waals surface area contributed by atoms with Gasteiger partial charge in [-0.2, -0.15) is 0 Å². The van der Waals surface area contributed by atoms with E-state index in [1.165, 1.54) is 0 Å². The number of rotatable bonds is 4. The molecular formula is C14H21F2N3O. The number of benzene rings is 1. The van der Waals surface area contributed by atoms with Crippen molar-refractivity contribution in [3.8, 4) is 0 Å². The molecule has 0 amide bonds. The lowest BCUT2D eigenvalue weighted by molar-refractivity contribution is -0.0566. The molecule has 0 spiro atoms. The summed E-state index contributed by atoms with van der Waals surface area (Å²) in [5.74, 6) is 4.56. The quantitative estimate of drug-likeness (QED) is 0.651. The molecular weight excluding hydrogens is 264 g/mol. The number of ether oxygens (including phenoxy) is 1. The van der Waals surface area contributed by atoms with Crippen LogP contribution in [0.15, 0.2) is 18.2 Å². The average Bonchev–Trinajstić information content (AvgIpc) is 2.44. The number of nitrogens with two attached hydrogens (primary N) is 1. The molecule has 20 heavy (non-hydrogen) atoms. The van der Waals surface area contributed by atoms with E-state index < -0.39 is 17.7 Å². The van der Waals surface area contributed by atoms with Crippen LogP contribution in [0.3, 0.4) is 0 Å². The second-order valence-corrected chi connectivity index (χ2v) is 5.31. The van der Waals surface area contributed by atoms with Crippen molar-refractivity contribution < 1.29 is 13.5 Å². The number of nitrogens with zero attached hydrogens (tertiary/aromatic N) is 1. The van der Waals surface area contributed by atoms with Crippen LogP contribution < -0.4 is 11.3 Å². The fourth-order valence-electron chi connectivity index (χ4n) is 2.52. The van der Waals surface area contributed by atoms with E-state index in [1.54, 1.807) is 0 Å². The van der Waals surface area contributed by atoms with E-state index in [-0.39, 0.29) is 11.7 Å². The van der Waals surface area contributed by atoms with Crippen molar-refractivity contribution in [3.05, 3.63) is 35.4 Å². The fraction of sp³-hybridized carbons (Fsp3) is 0.571. The second-order valence-electron chi connectivity index (χ2n) is 5.31. The van der Waals surface area contributed by atoms with Gasteiger partial charge in [0.1, 0.15) is 11.6 Å². The van der Waals surface area contributed by atoms with Crippen LogP contribution in [-0.2, 0) is 4.74 Å². The Labute approximate surface area is 117 Å². The van der Waals surface area contributed by atoms with Gasteiger partial charge < -0.3 is 4.74 Å². The van der Waals surface area contributed by atoms with Gasteiger partial charge in [-0.3, -0.25) is 16.2 Å². The highest BCUT2D eigenvalue weighted by Crippen LogP contribution is 2.25. The van der Waals surface area contributed by atoms with E-state index in [1.807, 2.05) is 0 Å². The molecule has 112 valence electrons. The fourth-order valence-corrected chi connectivity index (χ4v) is 2.52. The molecule has 0 radical (unpaired) electrons. The van der Waals surface area contributed by atoms with Gasteiger partial charge in [0.25, 0.3) is 0 Å². The Morgan fingerprint density at radius 3 is 2.80 bits per heavy atom. The second kappa shape index (κ2) is 6.58. The minimum Gasteiger partial charge on any atom is -0.374 e. The van der Waals surface area contributed by atoms with Crippen molar-refractivity contribution in [1.29, 1.82) is 0 Å². The molecule has 1 aromatic rings. The van der Waals surface area contributed by atoms with Crippen LogP contribution in [0, 0.1) is 11.6 Å². The van der Waals surface area contributed by atoms with Crippen molar-refractivity contribution >= 4 is 0 Å². The number of nitrogens with one attached hydrogen (secondary N) is 1. The molecule has 0 saturated carbocycles. The lowest BCUT2D eigenvalue weighted by Gasteiger charge is -2.38. The third-order valence-corrected chi connectivity index (χ3v) is 3.70. The summed E-state index contributed by atoms with van der Waals surface area (Å²) in [6.07, 6.45) is -0.313. The Hall–Kier alpha value is -1.08. The molecule has 1 fully saturated rings. The summed E-state index contributed by atoms with van der Waals surface area (Å²) < 4.78 is 32.9. The standard InChI is InChI=1S/C14H21F2N3O/c1-9(2)19-5-6-20-13(8-19)14(18-17)11-7-10(15)3-4-12(11)16/h3-4,7,9,13-14,18H,5-6,8,17H2,1-2H3. The van der Waals surface area contributed by atoms with Crippen molar-refractivity contribution in [2.45, 2.75) is 32.0 Å². The zero-order valence-electron chi connectivity index (χ0n) is 11.8. The molecule has 3 N–H and O–H groups in total. The van der Waals surface area contributed by atoms with Crippen LogP contribution in [0.25, 0.3) is 0 Å². The van der Waals surface area contributed by atoms with Crippen LogP contribution in [0.5, 0.6) is 0 Å². The average molecular weight is 285 g/mol. The smallest absolute Gasteiger partial charge is 0.128 e. The zero-order chi connectivity index (χ0) is 14.7. The summed E-state index contributed by atoms with van der Waals surface area (Å²) in [6, 6.07) is 3.16. The highest BCUT2D eigenvalue weighted by molar-refractivity contribution is 5.23.